The van der Waals surface area contributed by atoms with Crippen molar-refractivity contribution < 1.29 is 14.3 Å². The summed E-state index contributed by atoms with van der Waals surface area (Å²) in [6.45, 7) is 6.57. The van der Waals surface area contributed by atoms with Crippen molar-refractivity contribution in [3.05, 3.63) is 46.7 Å². The summed E-state index contributed by atoms with van der Waals surface area (Å²) in [6.07, 6.45) is 6.70. The molecule has 26 heavy (non-hydrogen) atoms. The van der Waals surface area contributed by atoms with E-state index in [1.54, 1.807) is 0 Å². The van der Waals surface area contributed by atoms with Crippen molar-refractivity contribution in [2.45, 2.75) is 64.1 Å². The molecule has 2 aliphatic carbocycles. The van der Waals surface area contributed by atoms with Crippen molar-refractivity contribution in [2.24, 2.45) is 11.8 Å². The second-order valence-corrected chi connectivity index (χ2v) is 8.91. The molecular formula is C23H26O3. The van der Waals surface area contributed by atoms with Crippen molar-refractivity contribution in [3.8, 4) is 5.75 Å². The van der Waals surface area contributed by atoms with Gasteiger partial charge >= 0.3 is 0 Å². The van der Waals surface area contributed by atoms with E-state index >= 15 is 0 Å². The van der Waals surface area contributed by atoms with E-state index in [9.17, 15) is 4.79 Å². The Kier molecular flexibility index (Phi) is 3.26. The molecule has 4 aliphatic rings. The number of benzene rings is 1. The van der Waals surface area contributed by atoms with Crippen LogP contribution in [-0.2, 0) is 9.53 Å². The summed E-state index contributed by atoms with van der Waals surface area (Å²) in [7, 11) is 0. The van der Waals surface area contributed by atoms with Crippen LogP contribution in [0.3, 0.4) is 0 Å². The maximum absolute atomic E-state index is 12.9. The second-order valence-electron chi connectivity index (χ2n) is 8.91. The van der Waals surface area contributed by atoms with Gasteiger partial charge in [-0.1, -0.05) is 18.2 Å². The predicted octanol–water partition coefficient (Wildman–Crippen LogP) is 5.06. The Labute approximate surface area is 155 Å². The summed E-state index contributed by atoms with van der Waals surface area (Å²) in [4.78, 5) is 12.9. The van der Waals surface area contributed by atoms with Crippen LogP contribution in [0.2, 0.25) is 0 Å². The largest absolute Gasteiger partial charge is 0.491 e. The van der Waals surface area contributed by atoms with Crippen LogP contribution in [0.25, 0.3) is 6.08 Å². The summed E-state index contributed by atoms with van der Waals surface area (Å²) in [6, 6.07) is 8.22. The zero-order chi connectivity index (χ0) is 18.1. The molecule has 1 aromatic rings. The molecule has 0 N–H and O–H groups in total. The smallest absolute Gasteiger partial charge is 0.162 e. The molecule has 0 amide bonds. The molecule has 3 atom stereocenters. The minimum Gasteiger partial charge on any atom is -0.491 e. The Hall–Kier alpha value is -2.03. The van der Waals surface area contributed by atoms with Gasteiger partial charge in [-0.05, 0) is 57.7 Å². The molecule has 5 rings (SSSR count). The molecule has 3 nitrogen and oxygen atoms in total. The van der Waals surface area contributed by atoms with Crippen molar-refractivity contribution in [3.63, 3.8) is 0 Å². The monoisotopic (exact) mass is 350 g/mol. The second kappa shape index (κ2) is 5.25. The lowest BCUT2D eigenvalue weighted by molar-refractivity contribution is -0.123. The number of carbonyl (C=O) groups is 1. The van der Waals surface area contributed by atoms with E-state index in [1.807, 2.05) is 18.2 Å². The first kappa shape index (κ1) is 16.2. The first-order chi connectivity index (χ1) is 12.4. The zero-order valence-corrected chi connectivity index (χ0v) is 15.8. The van der Waals surface area contributed by atoms with E-state index in [4.69, 9.17) is 9.47 Å². The summed E-state index contributed by atoms with van der Waals surface area (Å²) >= 11 is 0. The molecular weight excluding hydrogens is 324 g/mol. The lowest BCUT2D eigenvalue weighted by Gasteiger charge is -2.55. The van der Waals surface area contributed by atoms with Crippen molar-refractivity contribution in [1.82, 2.24) is 0 Å². The van der Waals surface area contributed by atoms with E-state index in [-0.39, 0.29) is 22.9 Å². The molecule has 0 unspecified atom stereocenters. The topological polar surface area (TPSA) is 35.5 Å². The number of ether oxygens (including phenoxy) is 2. The van der Waals surface area contributed by atoms with Crippen molar-refractivity contribution >= 4 is 11.9 Å². The number of fused-ring (bicyclic) bond motifs is 5. The maximum atomic E-state index is 12.9. The highest BCUT2D eigenvalue weighted by Gasteiger charge is 2.56. The van der Waals surface area contributed by atoms with Gasteiger partial charge in [-0.15, -0.1) is 0 Å². The molecule has 1 aromatic carbocycles. The molecule has 3 heteroatoms. The molecule has 0 aromatic heterocycles. The van der Waals surface area contributed by atoms with Crippen molar-refractivity contribution in [1.29, 1.82) is 0 Å². The maximum Gasteiger partial charge on any atom is 0.162 e. The Morgan fingerprint density at radius 2 is 1.88 bits per heavy atom. The number of hydrogen-bond acceptors (Lipinski definition) is 3. The molecule has 2 aliphatic heterocycles. The van der Waals surface area contributed by atoms with Gasteiger partial charge in [0.1, 0.15) is 22.7 Å². The Morgan fingerprint density at radius 1 is 1.08 bits per heavy atom. The normalized spacial score (nSPS) is 34.4. The van der Waals surface area contributed by atoms with Gasteiger partial charge < -0.3 is 9.47 Å². The van der Waals surface area contributed by atoms with Crippen LogP contribution in [0.1, 0.15) is 58.4 Å². The van der Waals surface area contributed by atoms with Crippen LogP contribution in [0.4, 0.5) is 0 Å². The fraction of sp³-hybridized carbons (Fsp3) is 0.522. The number of carbonyl (C=O) groups excluding carboxylic acids is 1. The Balaban J connectivity index is 1.72. The van der Waals surface area contributed by atoms with Gasteiger partial charge in [-0.2, -0.15) is 0 Å². The van der Waals surface area contributed by atoms with Crippen LogP contribution in [0.15, 0.2) is 41.2 Å². The molecule has 1 saturated carbocycles. The van der Waals surface area contributed by atoms with Crippen LogP contribution in [0, 0.1) is 11.8 Å². The van der Waals surface area contributed by atoms with Gasteiger partial charge in [-0.3, -0.25) is 4.79 Å². The van der Waals surface area contributed by atoms with Crippen molar-refractivity contribution in [2.75, 3.05) is 0 Å². The van der Waals surface area contributed by atoms with Gasteiger partial charge in [0.15, 0.2) is 5.78 Å². The molecule has 0 saturated heterocycles. The summed E-state index contributed by atoms with van der Waals surface area (Å²) in [5.41, 5.74) is 2.75. The summed E-state index contributed by atoms with van der Waals surface area (Å²) in [5.74, 6) is 2.61. The Morgan fingerprint density at radius 3 is 2.73 bits per heavy atom. The highest BCUT2D eigenvalue weighted by molar-refractivity contribution is 5.98. The quantitative estimate of drug-likeness (QED) is 0.656. The van der Waals surface area contributed by atoms with Gasteiger partial charge in [0.05, 0.1) is 0 Å². The zero-order valence-electron chi connectivity index (χ0n) is 15.8. The first-order valence-electron chi connectivity index (χ1n) is 9.84. The minimum absolute atomic E-state index is 0.119. The number of hydrogen-bond donors (Lipinski definition) is 0. The van der Waals surface area contributed by atoms with E-state index < -0.39 is 0 Å². The van der Waals surface area contributed by atoms with Crippen LogP contribution in [-0.4, -0.2) is 17.0 Å². The van der Waals surface area contributed by atoms with E-state index in [0.29, 0.717) is 12.3 Å². The SMILES string of the molecule is CC1(C)OC2=C(C(=O)CCC2)[C@H]2C3=Cc4ccccc4O[C@@]3(C)CC[C@H]21. The third-order valence-corrected chi connectivity index (χ3v) is 6.84. The van der Waals surface area contributed by atoms with Gasteiger partial charge in [0.25, 0.3) is 0 Å². The van der Waals surface area contributed by atoms with E-state index in [0.717, 1.165) is 48.3 Å². The van der Waals surface area contributed by atoms with Gasteiger partial charge in [0, 0.05) is 35.8 Å². The highest BCUT2D eigenvalue weighted by Crippen LogP contribution is 2.57. The number of allylic oxidation sites excluding steroid dienone is 2. The number of rotatable bonds is 0. The fourth-order valence-corrected chi connectivity index (χ4v) is 5.53. The molecule has 2 heterocycles. The minimum atomic E-state index is -0.335. The van der Waals surface area contributed by atoms with E-state index in [2.05, 4.69) is 32.9 Å². The molecule has 136 valence electrons. The number of Topliss-reactive ketones (excluding diaryl/α,β-unsaturated/α-hetero) is 1. The van der Waals surface area contributed by atoms with E-state index in [1.165, 1.54) is 5.57 Å². The molecule has 1 fully saturated rings. The third-order valence-electron chi connectivity index (χ3n) is 6.84. The summed E-state index contributed by atoms with van der Waals surface area (Å²) < 4.78 is 12.9. The number of para-hydroxylation sites is 1. The average molecular weight is 350 g/mol. The third kappa shape index (κ3) is 2.15. The van der Waals surface area contributed by atoms with Crippen LogP contribution >= 0.6 is 0 Å². The molecule has 0 spiro atoms. The van der Waals surface area contributed by atoms with Crippen LogP contribution < -0.4 is 4.74 Å². The lowest BCUT2D eigenvalue weighted by atomic mass is 9.58. The molecule has 0 radical (unpaired) electrons. The summed E-state index contributed by atoms with van der Waals surface area (Å²) in [5, 5.41) is 0. The Bertz CT molecular complexity index is 860. The highest BCUT2D eigenvalue weighted by atomic mass is 16.5. The standard InChI is InChI=1S/C23H26O3/c1-22(2)15-11-12-23(3)16(13-14-7-4-5-9-18(14)26-23)20(15)21-17(24)8-6-10-19(21)25-22/h4-5,7,9,13,15,20H,6,8,10-12H2,1-3H3/t15-,20-,23+/m1/s1. The fourth-order valence-electron chi connectivity index (χ4n) is 5.53. The lowest BCUT2D eigenvalue weighted by Crippen LogP contribution is -2.55. The van der Waals surface area contributed by atoms with Gasteiger partial charge in [0.2, 0.25) is 0 Å². The van der Waals surface area contributed by atoms with Gasteiger partial charge in [-0.25, -0.2) is 0 Å². The molecule has 0 bridgehead atoms. The van der Waals surface area contributed by atoms with Crippen LogP contribution in [0.5, 0.6) is 5.75 Å². The average Bonchev–Trinajstić information content (AvgIpc) is 2.58. The number of ketones is 1. The first-order valence-corrected chi connectivity index (χ1v) is 9.84. The predicted molar refractivity (Wildman–Crippen MR) is 101 cm³/mol.